The normalized spacial score (nSPS) is 15.7. The van der Waals surface area contributed by atoms with Crippen LogP contribution in [0.5, 0.6) is 0 Å². The Morgan fingerprint density at radius 3 is 2.58 bits per heavy atom. The number of alkyl halides is 4. The van der Waals surface area contributed by atoms with Gasteiger partial charge in [0.25, 0.3) is 0 Å². The Morgan fingerprint density at radius 1 is 1.33 bits per heavy atom. The molecule has 0 atom stereocenters. The van der Waals surface area contributed by atoms with E-state index >= 15 is 0 Å². The highest BCUT2D eigenvalue weighted by molar-refractivity contribution is 5.58. The number of nitrogens with zero attached hydrogens (tertiary/aromatic N) is 2. The summed E-state index contributed by atoms with van der Waals surface area (Å²) in [4.78, 5) is 0. The Kier molecular flexibility index (Phi) is 5.32. The van der Waals surface area contributed by atoms with Gasteiger partial charge in [0.2, 0.25) is 0 Å². The van der Waals surface area contributed by atoms with Crippen molar-refractivity contribution in [3.63, 3.8) is 0 Å². The molecule has 3 nitrogen and oxygen atoms in total. The van der Waals surface area contributed by atoms with Crippen molar-refractivity contribution >= 4 is 5.70 Å². The van der Waals surface area contributed by atoms with Gasteiger partial charge in [0.05, 0.1) is 12.3 Å². The molecule has 7 heteroatoms. The molecule has 1 aromatic heterocycles. The van der Waals surface area contributed by atoms with Crippen LogP contribution in [0.15, 0.2) is 37.1 Å². The van der Waals surface area contributed by atoms with Crippen LogP contribution in [0.4, 0.5) is 17.6 Å². The Balaban J connectivity index is 2.34. The van der Waals surface area contributed by atoms with Crippen molar-refractivity contribution in [3.8, 4) is 0 Å². The predicted octanol–water partition coefficient (Wildman–Crippen LogP) is 5.12. The van der Waals surface area contributed by atoms with Crippen LogP contribution in [0.3, 0.4) is 0 Å². The highest BCUT2D eigenvalue weighted by atomic mass is 19.3. The fraction of sp³-hybridized carbons (Fsp3) is 0.471. The summed E-state index contributed by atoms with van der Waals surface area (Å²) in [6.07, 6.45) is 5.43. The molecule has 2 rings (SSSR count). The number of hydrogen-bond donors (Lipinski definition) is 0. The molecule has 0 saturated carbocycles. The standard InChI is InChI=1S/C17H20F4N2O/c1-4-16(18,19)15-13(11-24-17(20,21)12(2)3)10-23(22-15)14-8-6-5-7-9-14/h4,6,8-10,12H,1,5,7,11H2,2-3H3. The first-order chi connectivity index (χ1) is 11.2. The SMILES string of the molecule is C=CC(F)(F)c1nn(C2=CCCC=C2)cc1COC(F)(F)C(C)C. The lowest BCUT2D eigenvalue weighted by Gasteiger charge is -2.20. The van der Waals surface area contributed by atoms with Gasteiger partial charge in [0.15, 0.2) is 0 Å². The maximum atomic E-state index is 14.0. The molecule has 0 unspecified atom stereocenters. The summed E-state index contributed by atoms with van der Waals surface area (Å²) in [5.41, 5.74) is -0.110. The molecule has 1 aliphatic rings. The minimum absolute atomic E-state index is 0.0971. The summed E-state index contributed by atoms with van der Waals surface area (Å²) >= 11 is 0. The first kappa shape index (κ1) is 18.4. The summed E-state index contributed by atoms with van der Waals surface area (Å²) in [7, 11) is 0. The van der Waals surface area contributed by atoms with Gasteiger partial charge < -0.3 is 4.74 Å². The van der Waals surface area contributed by atoms with E-state index in [1.807, 2.05) is 12.2 Å². The van der Waals surface area contributed by atoms with Gasteiger partial charge in [-0.05, 0) is 25.0 Å². The van der Waals surface area contributed by atoms with Crippen LogP contribution in [0, 0.1) is 5.92 Å². The number of aromatic nitrogens is 2. The van der Waals surface area contributed by atoms with Crippen LogP contribution in [0.1, 0.15) is 37.9 Å². The van der Waals surface area contributed by atoms with Crippen molar-refractivity contribution in [2.45, 2.75) is 45.3 Å². The summed E-state index contributed by atoms with van der Waals surface area (Å²) < 4.78 is 61.1. The zero-order valence-electron chi connectivity index (χ0n) is 13.6. The van der Waals surface area contributed by atoms with E-state index in [1.165, 1.54) is 24.7 Å². The molecule has 0 fully saturated rings. The van der Waals surface area contributed by atoms with Crippen molar-refractivity contribution in [1.82, 2.24) is 9.78 Å². The lowest BCUT2D eigenvalue weighted by molar-refractivity contribution is -0.271. The lowest BCUT2D eigenvalue weighted by atomic mass is 10.1. The van der Waals surface area contributed by atoms with Crippen LogP contribution in [0.2, 0.25) is 0 Å². The third kappa shape index (κ3) is 3.95. The molecule has 24 heavy (non-hydrogen) atoms. The molecule has 0 radical (unpaired) electrons. The zero-order valence-corrected chi connectivity index (χ0v) is 13.6. The monoisotopic (exact) mass is 344 g/mol. The second kappa shape index (κ2) is 6.93. The van der Waals surface area contributed by atoms with Gasteiger partial charge in [-0.2, -0.15) is 22.7 Å². The minimum Gasteiger partial charge on any atom is -0.315 e. The third-order valence-electron chi connectivity index (χ3n) is 3.69. The molecule has 0 amide bonds. The summed E-state index contributed by atoms with van der Waals surface area (Å²) in [5.74, 6) is -4.50. The van der Waals surface area contributed by atoms with E-state index in [-0.39, 0.29) is 5.56 Å². The van der Waals surface area contributed by atoms with E-state index in [4.69, 9.17) is 0 Å². The second-order valence-corrected chi connectivity index (χ2v) is 5.89. The first-order valence-electron chi connectivity index (χ1n) is 7.66. The van der Waals surface area contributed by atoms with Gasteiger partial charge in [-0.3, -0.25) is 0 Å². The second-order valence-electron chi connectivity index (χ2n) is 5.89. The van der Waals surface area contributed by atoms with Crippen LogP contribution in [0.25, 0.3) is 5.70 Å². The quantitative estimate of drug-likeness (QED) is 0.507. The molecule has 0 N–H and O–H groups in total. The van der Waals surface area contributed by atoms with Crippen LogP contribution in [-0.4, -0.2) is 15.9 Å². The smallest absolute Gasteiger partial charge is 0.315 e. The Bertz CT molecular complexity index is 660. The molecule has 0 aromatic carbocycles. The highest BCUT2D eigenvalue weighted by Crippen LogP contribution is 2.34. The Morgan fingerprint density at radius 2 is 2.04 bits per heavy atom. The maximum Gasteiger partial charge on any atom is 0.358 e. The van der Waals surface area contributed by atoms with Gasteiger partial charge in [-0.25, -0.2) is 4.68 Å². The van der Waals surface area contributed by atoms with Crippen molar-refractivity contribution < 1.29 is 22.3 Å². The van der Waals surface area contributed by atoms with E-state index in [9.17, 15) is 17.6 Å². The van der Waals surface area contributed by atoms with Gasteiger partial charge in [-0.15, -0.1) is 0 Å². The first-order valence-corrected chi connectivity index (χ1v) is 7.66. The fourth-order valence-corrected chi connectivity index (χ4v) is 2.13. The predicted molar refractivity (Wildman–Crippen MR) is 83.5 cm³/mol. The van der Waals surface area contributed by atoms with E-state index in [0.29, 0.717) is 11.8 Å². The van der Waals surface area contributed by atoms with E-state index in [0.717, 1.165) is 12.8 Å². The maximum absolute atomic E-state index is 14.0. The number of halogens is 4. The lowest BCUT2D eigenvalue weighted by Crippen LogP contribution is -2.27. The molecule has 0 aliphatic heterocycles. The average molecular weight is 344 g/mol. The average Bonchev–Trinajstić information content (AvgIpc) is 2.99. The van der Waals surface area contributed by atoms with Crippen molar-refractivity contribution in [1.29, 1.82) is 0 Å². The highest BCUT2D eigenvalue weighted by Gasteiger charge is 2.38. The number of allylic oxidation sites excluding steroid dienone is 5. The fourth-order valence-electron chi connectivity index (χ4n) is 2.13. The number of ether oxygens (including phenoxy) is 1. The Labute approximate surface area is 138 Å². The molecular weight excluding hydrogens is 324 g/mol. The summed E-state index contributed by atoms with van der Waals surface area (Å²) in [6, 6.07) is 0. The van der Waals surface area contributed by atoms with Gasteiger partial charge >= 0.3 is 12.0 Å². The van der Waals surface area contributed by atoms with E-state index in [2.05, 4.69) is 16.4 Å². The molecule has 0 spiro atoms. The van der Waals surface area contributed by atoms with E-state index in [1.54, 1.807) is 6.08 Å². The largest absolute Gasteiger partial charge is 0.358 e. The van der Waals surface area contributed by atoms with Crippen LogP contribution < -0.4 is 0 Å². The summed E-state index contributed by atoms with van der Waals surface area (Å²) in [6.45, 7) is 5.01. The molecule has 1 aliphatic carbocycles. The van der Waals surface area contributed by atoms with Crippen LogP contribution in [-0.2, 0) is 17.3 Å². The van der Waals surface area contributed by atoms with Gasteiger partial charge in [0.1, 0.15) is 5.69 Å². The number of rotatable bonds is 7. The minimum atomic E-state index is -3.43. The zero-order chi connectivity index (χ0) is 18.0. The van der Waals surface area contributed by atoms with Crippen molar-refractivity contribution in [2.75, 3.05) is 0 Å². The van der Waals surface area contributed by atoms with Crippen LogP contribution >= 0.6 is 0 Å². The van der Waals surface area contributed by atoms with Gasteiger partial charge in [-0.1, -0.05) is 32.6 Å². The molecular formula is C17H20F4N2O. The molecule has 1 aromatic rings. The molecule has 132 valence electrons. The van der Waals surface area contributed by atoms with Gasteiger partial charge in [0, 0.05) is 17.7 Å². The van der Waals surface area contributed by atoms with E-state index < -0.39 is 30.2 Å². The van der Waals surface area contributed by atoms with Crippen molar-refractivity contribution in [3.05, 3.63) is 48.3 Å². The molecule has 0 saturated heterocycles. The topological polar surface area (TPSA) is 27.1 Å². The molecule has 0 bridgehead atoms. The molecule has 1 heterocycles. The summed E-state index contributed by atoms with van der Waals surface area (Å²) in [5, 5.41) is 3.87. The third-order valence-corrected chi connectivity index (χ3v) is 3.69. The van der Waals surface area contributed by atoms with Crippen molar-refractivity contribution in [2.24, 2.45) is 5.92 Å². The Hall–Kier alpha value is -1.89. The number of hydrogen-bond acceptors (Lipinski definition) is 2.